The minimum atomic E-state index is -0.852. The topological polar surface area (TPSA) is 57.6 Å². The van der Waals surface area contributed by atoms with Gasteiger partial charge in [-0.25, -0.2) is 4.79 Å². The van der Waals surface area contributed by atoms with Gasteiger partial charge in [0.1, 0.15) is 6.04 Å². The molecule has 104 valence electrons. The number of carboxylic acid groups (broad SMARTS) is 1. The first-order valence-corrected chi connectivity index (χ1v) is 7.15. The lowest BCUT2D eigenvalue weighted by Crippen LogP contribution is -2.50. The number of carbonyl (C=O) groups is 2. The van der Waals surface area contributed by atoms with Gasteiger partial charge in [-0.15, -0.1) is 0 Å². The van der Waals surface area contributed by atoms with E-state index in [0.717, 1.165) is 38.5 Å². The zero-order valence-corrected chi connectivity index (χ0v) is 11.5. The van der Waals surface area contributed by atoms with Crippen LogP contribution >= 0.6 is 0 Å². The number of piperidine rings is 1. The predicted molar refractivity (Wildman–Crippen MR) is 70.3 cm³/mol. The van der Waals surface area contributed by atoms with E-state index in [1.807, 2.05) is 0 Å². The Labute approximate surface area is 109 Å². The van der Waals surface area contributed by atoms with Gasteiger partial charge in [-0.1, -0.05) is 26.7 Å². The third-order valence-electron chi connectivity index (χ3n) is 3.69. The molecule has 0 aromatic heterocycles. The summed E-state index contributed by atoms with van der Waals surface area (Å²) in [5, 5.41) is 9.21. The average molecular weight is 255 g/mol. The van der Waals surface area contributed by atoms with Crippen LogP contribution in [0.1, 0.15) is 58.8 Å². The summed E-state index contributed by atoms with van der Waals surface area (Å²) in [5.74, 6) is -0.777. The van der Waals surface area contributed by atoms with Crippen molar-refractivity contribution in [2.75, 3.05) is 6.54 Å². The maximum atomic E-state index is 12.5. The van der Waals surface area contributed by atoms with Crippen LogP contribution in [0.25, 0.3) is 0 Å². The molecule has 1 heterocycles. The Bertz CT molecular complexity index is 285. The number of hydrogen-bond donors (Lipinski definition) is 1. The van der Waals surface area contributed by atoms with E-state index >= 15 is 0 Å². The zero-order valence-electron chi connectivity index (χ0n) is 11.5. The number of nitrogens with zero attached hydrogens (tertiary/aromatic N) is 1. The quantitative estimate of drug-likeness (QED) is 0.793. The Morgan fingerprint density at radius 1 is 1.22 bits per heavy atom. The van der Waals surface area contributed by atoms with Crippen molar-refractivity contribution < 1.29 is 14.7 Å². The van der Waals surface area contributed by atoms with Crippen molar-refractivity contribution in [2.45, 2.75) is 64.8 Å². The maximum Gasteiger partial charge on any atom is 0.326 e. The Morgan fingerprint density at radius 2 is 1.83 bits per heavy atom. The highest BCUT2D eigenvalue weighted by molar-refractivity contribution is 5.85. The maximum absolute atomic E-state index is 12.5. The number of hydrogen-bond acceptors (Lipinski definition) is 2. The summed E-state index contributed by atoms with van der Waals surface area (Å²) in [5.41, 5.74) is 0. The van der Waals surface area contributed by atoms with Crippen molar-refractivity contribution in [3.05, 3.63) is 0 Å². The van der Waals surface area contributed by atoms with E-state index in [-0.39, 0.29) is 11.8 Å². The Hall–Kier alpha value is -1.06. The standard InChI is InChI=1S/C14H25NO3/c1-3-7-11(8-4-2)13(16)15-10-6-5-9-12(15)14(17)18/h11-12H,3-10H2,1-2H3,(H,17,18). The highest BCUT2D eigenvalue weighted by atomic mass is 16.4. The number of aliphatic carboxylic acids is 1. The molecule has 1 fully saturated rings. The molecule has 0 bridgehead atoms. The fraction of sp³-hybridized carbons (Fsp3) is 0.857. The molecule has 1 unspecified atom stereocenters. The molecule has 0 aliphatic carbocycles. The Kier molecular flexibility index (Phi) is 6.16. The van der Waals surface area contributed by atoms with E-state index in [1.54, 1.807) is 4.90 Å². The van der Waals surface area contributed by atoms with Crippen LogP contribution in [0.3, 0.4) is 0 Å². The van der Waals surface area contributed by atoms with Crippen LogP contribution in [-0.4, -0.2) is 34.5 Å². The van der Waals surface area contributed by atoms with Gasteiger partial charge in [0.25, 0.3) is 0 Å². The fourth-order valence-corrected chi connectivity index (χ4v) is 2.77. The second-order valence-corrected chi connectivity index (χ2v) is 5.16. The molecule has 1 atom stereocenters. The van der Waals surface area contributed by atoms with E-state index in [2.05, 4.69) is 13.8 Å². The molecule has 1 rings (SSSR count). The first kappa shape index (κ1) is 15.0. The molecule has 0 radical (unpaired) electrons. The molecule has 4 heteroatoms. The summed E-state index contributed by atoms with van der Waals surface area (Å²) < 4.78 is 0. The van der Waals surface area contributed by atoms with Crippen LogP contribution in [0.2, 0.25) is 0 Å². The molecule has 1 aliphatic heterocycles. The van der Waals surface area contributed by atoms with E-state index in [4.69, 9.17) is 0 Å². The van der Waals surface area contributed by atoms with Gasteiger partial charge in [0.2, 0.25) is 5.91 Å². The van der Waals surface area contributed by atoms with E-state index in [9.17, 15) is 14.7 Å². The van der Waals surface area contributed by atoms with Gasteiger partial charge in [-0.2, -0.15) is 0 Å². The SMILES string of the molecule is CCCC(CCC)C(=O)N1CCCCC1C(=O)O. The summed E-state index contributed by atoms with van der Waals surface area (Å²) in [6, 6.07) is -0.595. The molecule has 1 amide bonds. The van der Waals surface area contributed by atoms with Crippen LogP contribution in [0.5, 0.6) is 0 Å². The molecule has 0 spiro atoms. The molecule has 18 heavy (non-hydrogen) atoms. The van der Waals surface area contributed by atoms with Gasteiger partial charge in [0.15, 0.2) is 0 Å². The van der Waals surface area contributed by atoms with Crippen LogP contribution in [-0.2, 0) is 9.59 Å². The van der Waals surface area contributed by atoms with Crippen molar-refractivity contribution in [3.63, 3.8) is 0 Å². The lowest BCUT2D eigenvalue weighted by Gasteiger charge is -2.35. The van der Waals surface area contributed by atoms with Crippen molar-refractivity contribution in [1.82, 2.24) is 4.90 Å². The number of carbonyl (C=O) groups excluding carboxylic acids is 1. The molecule has 1 aliphatic rings. The Balaban J connectivity index is 2.73. The molecular weight excluding hydrogens is 230 g/mol. The van der Waals surface area contributed by atoms with Gasteiger partial charge in [0, 0.05) is 12.5 Å². The minimum Gasteiger partial charge on any atom is -0.480 e. The van der Waals surface area contributed by atoms with Crippen molar-refractivity contribution in [2.24, 2.45) is 5.92 Å². The minimum absolute atomic E-state index is 0.0138. The van der Waals surface area contributed by atoms with Gasteiger partial charge in [0.05, 0.1) is 0 Å². The van der Waals surface area contributed by atoms with E-state index in [0.29, 0.717) is 13.0 Å². The third-order valence-corrected chi connectivity index (χ3v) is 3.69. The van der Waals surface area contributed by atoms with E-state index < -0.39 is 12.0 Å². The lowest BCUT2D eigenvalue weighted by molar-refractivity contribution is -0.154. The monoisotopic (exact) mass is 255 g/mol. The van der Waals surface area contributed by atoms with Gasteiger partial charge < -0.3 is 10.0 Å². The van der Waals surface area contributed by atoms with E-state index in [1.165, 1.54) is 0 Å². The Morgan fingerprint density at radius 3 is 2.33 bits per heavy atom. The summed E-state index contributed by atoms with van der Waals surface area (Å²) in [6.07, 6.45) is 6.13. The van der Waals surface area contributed by atoms with Crippen LogP contribution in [0.4, 0.5) is 0 Å². The number of carboxylic acids is 1. The molecule has 0 aromatic rings. The summed E-state index contributed by atoms with van der Waals surface area (Å²) in [6.45, 7) is 4.75. The molecule has 0 aromatic carbocycles. The van der Waals surface area contributed by atoms with Gasteiger partial charge in [-0.3, -0.25) is 4.79 Å². The average Bonchev–Trinajstić information content (AvgIpc) is 2.37. The third kappa shape index (κ3) is 3.72. The second-order valence-electron chi connectivity index (χ2n) is 5.16. The van der Waals surface area contributed by atoms with Crippen LogP contribution in [0.15, 0.2) is 0 Å². The fourth-order valence-electron chi connectivity index (χ4n) is 2.77. The molecule has 1 N–H and O–H groups in total. The first-order chi connectivity index (χ1) is 8.61. The molecule has 0 saturated carbocycles. The molecular formula is C14H25NO3. The smallest absolute Gasteiger partial charge is 0.326 e. The van der Waals surface area contributed by atoms with Gasteiger partial charge in [-0.05, 0) is 32.1 Å². The largest absolute Gasteiger partial charge is 0.480 e. The first-order valence-electron chi connectivity index (χ1n) is 7.15. The highest BCUT2D eigenvalue weighted by Crippen LogP contribution is 2.23. The lowest BCUT2D eigenvalue weighted by atomic mass is 9.93. The summed E-state index contributed by atoms with van der Waals surface area (Å²) in [7, 11) is 0. The summed E-state index contributed by atoms with van der Waals surface area (Å²) >= 11 is 0. The van der Waals surface area contributed by atoms with Crippen LogP contribution in [0, 0.1) is 5.92 Å². The number of rotatable bonds is 6. The molecule has 1 saturated heterocycles. The van der Waals surface area contributed by atoms with Crippen molar-refractivity contribution in [3.8, 4) is 0 Å². The van der Waals surface area contributed by atoms with Crippen molar-refractivity contribution in [1.29, 1.82) is 0 Å². The molecule has 4 nitrogen and oxygen atoms in total. The summed E-state index contributed by atoms with van der Waals surface area (Å²) in [4.78, 5) is 25.3. The second kappa shape index (κ2) is 7.39. The number of likely N-dealkylation sites (tertiary alicyclic amines) is 1. The zero-order chi connectivity index (χ0) is 13.5. The normalized spacial score (nSPS) is 20.2. The van der Waals surface area contributed by atoms with Crippen molar-refractivity contribution >= 4 is 11.9 Å². The van der Waals surface area contributed by atoms with Crippen LogP contribution < -0.4 is 0 Å². The highest BCUT2D eigenvalue weighted by Gasteiger charge is 2.34. The number of amides is 1. The van der Waals surface area contributed by atoms with Gasteiger partial charge >= 0.3 is 5.97 Å². The predicted octanol–water partition coefficient (Wildman–Crippen LogP) is 2.67.